The SMILES string of the molecule is CCCc1c(OCCCCC2(C)CC(=O)c3ccc(OCCCC(=O)O)c(CCC)c3O2)ccc(C(C)=O)c1O. The van der Waals surface area contributed by atoms with Crippen molar-refractivity contribution < 1.29 is 38.8 Å². The number of Topliss-reactive ketones (excluding diaryl/α,β-unsaturated/α-hetero) is 2. The number of hydrogen-bond acceptors (Lipinski definition) is 7. The fourth-order valence-electron chi connectivity index (χ4n) is 5.14. The fourth-order valence-corrected chi connectivity index (χ4v) is 5.14. The molecule has 0 radical (unpaired) electrons. The maximum Gasteiger partial charge on any atom is 0.303 e. The number of rotatable bonds is 16. The van der Waals surface area contributed by atoms with Crippen molar-refractivity contribution in [3.63, 3.8) is 0 Å². The number of phenolic OH excluding ortho intramolecular Hbond substituents is 1. The van der Waals surface area contributed by atoms with Crippen molar-refractivity contribution in [3.05, 3.63) is 46.5 Å². The summed E-state index contributed by atoms with van der Waals surface area (Å²) in [5.41, 5.74) is 1.72. The van der Waals surface area contributed by atoms with Gasteiger partial charge < -0.3 is 24.4 Å². The van der Waals surface area contributed by atoms with Crippen molar-refractivity contribution in [2.24, 2.45) is 0 Å². The zero-order valence-electron chi connectivity index (χ0n) is 24.1. The minimum Gasteiger partial charge on any atom is -0.507 e. The quantitative estimate of drug-likeness (QED) is 0.173. The molecule has 8 nitrogen and oxygen atoms in total. The Labute approximate surface area is 236 Å². The highest BCUT2D eigenvalue weighted by molar-refractivity contribution is 6.01. The monoisotopic (exact) mass is 554 g/mol. The molecule has 0 aromatic heterocycles. The molecule has 0 saturated heterocycles. The van der Waals surface area contributed by atoms with Crippen LogP contribution in [0.4, 0.5) is 0 Å². The third-order valence-corrected chi connectivity index (χ3v) is 7.17. The van der Waals surface area contributed by atoms with Crippen molar-refractivity contribution in [2.75, 3.05) is 13.2 Å². The van der Waals surface area contributed by atoms with Crippen LogP contribution in [-0.2, 0) is 17.6 Å². The number of carboxylic acids is 1. The van der Waals surface area contributed by atoms with Crippen LogP contribution < -0.4 is 14.2 Å². The van der Waals surface area contributed by atoms with Crippen molar-refractivity contribution in [3.8, 4) is 23.0 Å². The molecule has 0 fully saturated rings. The Morgan fingerprint density at radius 3 is 2.23 bits per heavy atom. The van der Waals surface area contributed by atoms with Gasteiger partial charge in [0.25, 0.3) is 0 Å². The molecule has 2 aromatic carbocycles. The Morgan fingerprint density at radius 2 is 1.57 bits per heavy atom. The van der Waals surface area contributed by atoms with Crippen LogP contribution in [0.3, 0.4) is 0 Å². The van der Waals surface area contributed by atoms with Crippen molar-refractivity contribution in [1.29, 1.82) is 0 Å². The predicted molar refractivity (Wildman–Crippen MR) is 152 cm³/mol. The van der Waals surface area contributed by atoms with Crippen LogP contribution in [0, 0.1) is 0 Å². The van der Waals surface area contributed by atoms with Crippen LogP contribution in [-0.4, -0.2) is 46.6 Å². The number of hydrogen-bond donors (Lipinski definition) is 2. The van der Waals surface area contributed by atoms with E-state index in [1.54, 1.807) is 24.3 Å². The van der Waals surface area contributed by atoms with Crippen molar-refractivity contribution >= 4 is 17.5 Å². The Morgan fingerprint density at radius 1 is 0.950 bits per heavy atom. The third kappa shape index (κ3) is 7.77. The minimum atomic E-state index is -0.858. The third-order valence-electron chi connectivity index (χ3n) is 7.17. The van der Waals surface area contributed by atoms with E-state index < -0.39 is 11.6 Å². The standard InChI is InChI=1S/C32H42O8/c1-5-10-24-27(15-13-22(21(3)33)30(24)37)38-18-8-7-17-32(4)20-26(34)23-14-16-28(39-19-9-12-29(35)36)25(11-6-2)31(23)40-32/h13-16,37H,5-12,17-20H2,1-4H3,(H,35,36). The van der Waals surface area contributed by atoms with E-state index in [0.29, 0.717) is 66.2 Å². The Balaban J connectivity index is 1.64. The molecule has 40 heavy (non-hydrogen) atoms. The van der Waals surface area contributed by atoms with Gasteiger partial charge in [0.1, 0.15) is 28.6 Å². The minimum absolute atomic E-state index is 0.000243. The molecule has 2 aromatic rings. The molecular formula is C32H42O8. The highest BCUT2D eigenvalue weighted by atomic mass is 16.5. The Hall–Kier alpha value is -3.55. The highest BCUT2D eigenvalue weighted by Gasteiger charge is 2.38. The molecule has 218 valence electrons. The fraction of sp³-hybridized carbons (Fsp3) is 0.531. The number of carbonyl (C=O) groups is 3. The first-order valence-corrected chi connectivity index (χ1v) is 14.3. The summed E-state index contributed by atoms with van der Waals surface area (Å²) >= 11 is 0. The van der Waals surface area contributed by atoms with E-state index in [1.807, 2.05) is 13.8 Å². The normalized spacial score (nSPS) is 16.2. The van der Waals surface area contributed by atoms with Crippen molar-refractivity contribution in [2.45, 2.75) is 97.5 Å². The molecule has 0 spiro atoms. The zero-order chi connectivity index (χ0) is 29.3. The molecule has 0 bridgehead atoms. The summed E-state index contributed by atoms with van der Waals surface area (Å²) in [6.07, 6.45) is 5.84. The number of unbranched alkanes of at least 4 members (excludes halogenated alkanes) is 1. The molecule has 1 unspecified atom stereocenters. The number of fused-ring (bicyclic) bond motifs is 1. The maximum atomic E-state index is 13.1. The average molecular weight is 555 g/mol. The molecule has 8 heteroatoms. The largest absolute Gasteiger partial charge is 0.507 e. The van der Waals surface area contributed by atoms with Crippen LogP contribution >= 0.6 is 0 Å². The lowest BCUT2D eigenvalue weighted by Gasteiger charge is -2.36. The van der Waals surface area contributed by atoms with Gasteiger partial charge in [0.15, 0.2) is 11.6 Å². The zero-order valence-corrected chi connectivity index (χ0v) is 24.1. The molecule has 0 saturated carbocycles. The summed E-state index contributed by atoms with van der Waals surface area (Å²) in [6, 6.07) is 6.89. The van der Waals surface area contributed by atoms with Gasteiger partial charge in [-0.1, -0.05) is 26.7 Å². The van der Waals surface area contributed by atoms with Gasteiger partial charge >= 0.3 is 5.97 Å². The summed E-state index contributed by atoms with van der Waals surface area (Å²) in [5, 5.41) is 19.5. The van der Waals surface area contributed by atoms with Gasteiger partial charge in [-0.2, -0.15) is 0 Å². The molecule has 1 heterocycles. The summed E-state index contributed by atoms with van der Waals surface area (Å²) in [4.78, 5) is 35.8. The number of carboxylic acid groups (broad SMARTS) is 1. The molecule has 0 amide bonds. The van der Waals surface area contributed by atoms with E-state index in [1.165, 1.54) is 6.92 Å². The molecule has 1 atom stereocenters. The first-order valence-electron chi connectivity index (χ1n) is 14.3. The van der Waals surface area contributed by atoms with Gasteiger partial charge in [-0.3, -0.25) is 14.4 Å². The lowest BCUT2D eigenvalue weighted by atomic mass is 9.86. The lowest BCUT2D eigenvalue weighted by molar-refractivity contribution is -0.137. The van der Waals surface area contributed by atoms with E-state index in [-0.39, 0.29) is 36.8 Å². The number of aromatic hydroxyl groups is 1. The second-order valence-electron chi connectivity index (χ2n) is 10.7. The first kappa shape index (κ1) is 31.0. The van der Waals surface area contributed by atoms with Crippen LogP contribution in [0.15, 0.2) is 24.3 Å². The lowest BCUT2D eigenvalue weighted by Crippen LogP contribution is -2.39. The Bertz CT molecular complexity index is 1220. The summed E-state index contributed by atoms with van der Waals surface area (Å²) in [6.45, 7) is 8.17. The molecule has 0 aliphatic carbocycles. The van der Waals surface area contributed by atoms with Gasteiger partial charge in [0, 0.05) is 17.5 Å². The molecule has 2 N–H and O–H groups in total. The van der Waals surface area contributed by atoms with Gasteiger partial charge in [-0.05, 0) is 76.6 Å². The van der Waals surface area contributed by atoms with Gasteiger partial charge in [0.05, 0.1) is 30.8 Å². The van der Waals surface area contributed by atoms with E-state index in [2.05, 4.69) is 6.92 Å². The van der Waals surface area contributed by atoms with Gasteiger partial charge in [-0.15, -0.1) is 0 Å². The summed E-state index contributed by atoms with van der Waals surface area (Å²) < 4.78 is 18.4. The molecule has 1 aliphatic rings. The van der Waals surface area contributed by atoms with E-state index in [4.69, 9.17) is 19.3 Å². The maximum absolute atomic E-state index is 13.1. The smallest absolute Gasteiger partial charge is 0.303 e. The topological polar surface area (TPSA) is 119 Å². The summed E-state index contributed by atoms with van der Waals surface area (Å²) in [7, 11) is 0. The summed E-state index contributed by atoms with van der Waals surface area (Å²) in [5.74, 6) is 0.811. The number of carbonyl (C=O) groups excluding carboxylic acids is 2. The van der Waals surface area contributed by atoms with Crippen molar-refractivity contribution in [1.82, 2.24) is 0 Å². The number of ether oxygens (including phenoxy) is 3. The van der Waals surface area contributed by atoms with E-state index >= 15 is 0 Å². The van der Waals surface area contributed by atoms with E-state index in [0.717, 1.165) is 31.2 Å². The first-order chi connectivity index (χ1) is 19.1. The van der Waals surface area contributed by atoms with Gasteiger partial charge in [-0.25, -0.2) is 0 Å². The second-order valence-corrected chi connectivity index (χ2v) is 10.7. The number of benzene rings is 2. The highest BCUT2D eigenvalue weighted by Crippen LogP contribution is 2.42. The van der Waals surface area contributed by atoms with Crippen LogP contribution in [0.5, 0.6) is 23.0 Å². The molecule has 3 rings (SSSR count). The van der Waals surface area contributed by atoms with Gasteiger partial charge in [0.2, 0.25) is 0 Å². The Kier molecular flexibility index (Phi) is 11.0. The molecule has 1 aliphatic heterocycles. The number of phenols is 1. The average Bonchev–Trinajstić information content (AvgIpc) is 2.89. The number of ketones is 2. The van der Waals surface area contributed by atoms with Crippen LogP contribution in [0.1, 0.15) is 111 Å². The van der Waals surface area contributed by atoms with E-state index in [9.17, 15) is 19.5 Å². The second kappa shape index (κ2) is 14.2. The predicted octanol–water partition coefficient (Wildman–Crippen LogP) is 6.72. The van der Waals surface area contributed by atoms with Crippen LogP contribution in [0.25, 0.3) is 0 Å². The van der Waals surface area contributed by atoms with Crippen LogP contribution in [0.2, 0.25) is 0 Å². The molecular weight excluding hydrogens is 512 g/mol. The number of aliphatic carboxylic acids is 1.